The number of hydrogen-bond acceptors (Lipinski definition) is 3. The van der Waals surface area contributed by atoms with E-state index >= 15 is 0 Å². The molecule has 12 heavy (non-hydrogen) atoms. The van der Waals surface area contributed by atoms with E-state index in [9.17, 15) is 4.79 Å². The lowest BCUT2D eigenvalue weighted by Gasteiger charge is -2.24. The molecule has 0 aromatic carbocycles. The zero-order chi connectivity index (χ0) is 8.97. The zero-order valence-electron chi connectivity index (χ0n) is 7.45. The number of carbonyl (C=O) groups excluding carboxylic acids is 1. The number of allylic oxidation sites excluding steroid dienone is 2. The van der Waals surface area contributed by atoms with Crippen LogP contribution in [0.1, 0.15) is 12.8 Å². The summed E-state index contributed by atoms with van der Waals surface area (Å²) >= 11 is 0. The predicted molar refractivity (Wildman–Crippen MR) is 44.7 cm³/mol. The maximum absolute atomic E-state index is 11.0. The Labute approximate surface area is 72.4 Å². The SMILES string of the molecule is COC(OC)C1CC=CC(=O)C1. The number of methoxy groups -OCH3 is 2. The summed E-state index contributed by atoms with van der Waals surface area (Å²) in [5.74, 6) is 0.336. The Kier molecular flexibility index (Phi) is 3.44. The molecule has 1 rings (SSSR count). The highest BCUT2D eigenvalue weighted by Gasteiger charge is 2.24. The average molecular weight is 170 g/mol. The van der Waals surface area contributed by atoms with Gasteiger partial charge >= 0.3 is 0 Å². The fourth-order valence-corrected chi connectivity index (χ4v) is 1.47. The minimum absolute atomic E-state index is 0.158. The van der Waals surface area contributed by atoms with Gasteiger partial charge in [-0.05, 0) is 12.5 Å². The second kappa shape index (κ2) is 4.38. The molecule has 68 valence electrons. The van der Waals surface area contributed by atoms with Gasteiger partial charge in [0.2, 0.25) is 0 Å². The number of hydrogen-bond donors (Lipinski definition) is 0. The Morgan fingerprint density at radius 2 is 2.17 bits per heavy atom. The predicted octanol–water partition coefficient (Wildman–Crippen LogP) is 1.14. The summed E-state index contributed by atoms with van der Waals surface area (Å²) in [6.07, 6.45) is 4.64. The number of ketones is 1. The lowest BCUT2D eigenvalue weighted by Crippen LogP contribution is -2.27. The van der Waals surface area contributed by atoms with Crippen molar-refractivity contribution >= 4 is 5.78 Å². The molecule has 0 radical (unpaired) electrons. The number of rotatable bonds is 3. The maximum Gasteiger partial charge on any atom is 0.160 e. The highest BCUT2D eigenvalue weighted by Crippen LogP contribution is 2.21. The van der Waals surface area contributed by atoms with Gasteiger partial charge in [0.25, 0.3) is 0 Å². The lowest BCUT2D eigenvalue weighted by molar-refractivity contribution is -0.144. The third kappa shape index (κ3) is 2.16. The minimum Gasteiger partial charge on any atom is -0.356 e. The Morgan fingerprint density at radius 3 is 2.67 bits per heavy atom. The molecule has 0 fully saturated rings. The summed E-state index contributed by atoms with van der Waals surface area (Å²) in [5, 5.41) is 0. The fraction of sp³-hybridized carbons (Fsp3) is 0.667. The summed E-state index contributed by atoms with van der Waals surface area (Å²) in [6, 6.07) is 0. The molecule has 1 unspecified atom stereocenters. The molecule has 3 heteroatoms. The van der Waals surface area contributed by atoms with Gasteiger partial charge in [-0.15, -0.1) is 0 Å². The van der Waals surface area contributed by atoms with Crippen LogP contribution in [0.15, 0.2) is 12.2 Å². The molecule has 0 N–H and O–H groups in total. The fourth-order valence-electron chi connectivity index (χ4n) is 1.47. The van der Waals surface area contributed by atoms with Gasteiger partial charge in [0, 0.05) is 26.6 Å². The maximum atomic E-state index is 11.0. The van der Waals surface area contributed by atoms with Crippen molar-refractivity contribution in [2.24, 2.45) is 5.92 Å². The van der Waals surface area contributed by atoms with E-state index in [1.165, 1.54) is 0 Å². The molecular weight excluding hydrogens is 156 g/mol. The first-order valence-electron chi connectivity index (χ1n) is 4.03. The summed E-state index contributed by atoms with van der Waals surface area (Å²) < 4.78 is 10.2. The van der Waals surface area contributed by atoms with Gasteiger partial charge in [-0.3, -0.25) is 4.79 Å². The Bertz CT molecular complexity index is 182. The Balaban J connectivity index is 2.52. The van der Waals surface area contributed by atoms with Crippen LogP contribution in [0, 0.1) is 5.92 Å². The highest BCUT2D eigenvalue weighted by atomic mass is 16.7. The van der Waals surface area contributed by atoms with Gasteiger partial charge < -0.3 is 9.47 Å². The molecule has 0 bridgehead atoms. The van der Waals surface area contributed by atoms with Crippen molar-refractivity contribution in [1.29, 1.82) is 0 Å². The second-order valence-corrected chi connectivity index (χ2v) is 2.91. The molecule has 0 aromatic rings. The van der Waals surface area contributed by atoms with E-state index in [1.54, 1.807) is 20.3 Å². The van der Waals surface area contributed by atoms with Crippen LogP contribution < -0.4 is 0 Å². The highest BCUT2D eigenvalue weighted by molar-refractivity contribution is 5.90. The first-order valence-corrected chi connectivity index (χ1v) is 4.03. The van der Waals surface area contributed by atoms with Gasteiger partial charge in [0.1, 0.15) is 0 Å². The van der Waals surface area contributed by atoms with Crippen LogP contribution in [0.4, 0.5) is 0 Å². The molecule has 0 saturated carbocycles. The standard InChI is InChI=1S/C9H14O3/c1-11-9(12-2)7-4-3-5-8(10)6-7/h3,5,7,9H,4,6H2,1-2H3. The van der Waals surface area contributed by atoms with Crippen molar-refractivity contribution in [2.45, 2.75) is 19.1 Å². The van der Waals surface area contributed by atoms with Gasteiger partial charge in [0.15, 0.2) is 12.1 Å². The largest absolute Gasteiger partial charge is 0.356 e. The summed E-state index contributed by atoms with van der Waals surface area (Å²) in [5.41, 5.74) is 0. The molecule has 0 spiro atoms. The third-order valence-electron chi connectivity index (χ3n) is 2.06. The monoisotopic (exact) mass is 170 g/mol. The molecule has 1 atom stereocenters. The molecule has 0 aliphatic heterocycles. The van der Waals surface area contributed by atoms with Crippen molar-refractivity contribution in [3.63, 3.8) is 0 Å². The topological polar surface area (TPSA) is 35.5 Å². The molecule has 3 nitrogen and oxygen atoms in total. The van der Waals surface area contributed by atoms with E-state index < -0.39 is 0 Å². The van der Waals surface area contributed by atoms with Crippen molar-refractivity contribution in [3.05, 3.63) is 12.2 Å². The molecule has 1 aliphatic carbocycles. The van der Waals surface area contributed by atoms with Gasteiger partial charge in [-0.25, -0.2) is 0 Å². The summed E-state index contributed by atoms with van der Waals surface area (Å²) in [4.78, 5) is 11.0. The zero-order valence-corrected chi connectivity index (χ0v) is 7.45. The Morgan fingerprint density at radius 1 is 1.50 bits per heavy atom. The van der Waals surface area contributed by atoms with E-state index in [2.05, 4.69) is 0 Å². The molecule has 0 amide bonds. The van der Waals surface area contributed by atoms with E-state index in [4.69, 9.17) is 9.47 Å². The molecule has 0 saturated heterocycles. The van der Waals surface area contributed by atoms with Crippen LogP contribution in [0.2, 0.25) is 0 Å². The van der Waals surface area contributed by atoms with Gasteiger partial charge in [-0.1, -0.05) is 6.08 Å². The number of ether oxygens (including phenoxy) is 2. The quantitative estimate of drug-likeness (QED) is 0.596. The minimum atomic E-state index is -0.251. The smallest absolute Gasteiger partial charge is 0.160 e. The first kappa shape index (κ1) is 9.42. The molecule has 0 aromatic heterocycles. The van der Waals surface area contributed by atoms with Crippen LogP contribution >= 0.6 is 0 Å². The summed E-state index contributed by atoms with van der Waals surface area (Å²) in [7, 11) is 3.19. The second-order valence-electron chi connectivity index (χ2n) is 2.91. The van der Waals surface area contributed by atoms with Crippen molar-refractivity contribution in [1.82, 2.24) is 0 Å². The van der Waals surface area contributed by atoms with Crippen molar-refractivity contribution < 1.29 is 14.3 Å². The lowest BCUT2D eigenvalue weighted by atomic mass is 9.93. The van der Waals surface area contributed by atoms with Crippen molar-refractivity contribution in [2.75, 3.05) is 14.2 Å². The van der Waals surface area contributed by atoms with Gasteiger partial charge in [-0.2, -0.15) is 0 Å². The van der Waals surface area contributed by atoms with E-state index in [1.807, 2.05) is 6.08 Å². The normalized spacial score (nSPS) is 23.6. The van der Waals surface area contributed by atoms with E-state index in [0.29, 0.717) is 6.42 Å². The Hall–Kier alpha value is -0.670. The number of carbonyl (C=O) groups is 1. The van der Waals surface area contributed by atoms with Crippen LogP contribution in [-0.4, -0.2) is 26.3 Å². The first-order chi connectivity index (χ1) is 5.77. The molecule has 1 aliphatic rings. The van der Waals surface area contributed by atoms with Crippen molar-refractivity contribution in [3.8, 4) is 0 Å². The van der Waals surface area contributed by atoms with Crippen LogP contribution in [-0.2, 0) is 14.3 Å². The molecule has 0 heterocycles. The van der Waals surface area contributed by atoms with E-state index in [0.717, 1.165) is 6.42 Å². The van der Waals surface area contributed by atoms with E-state index in [-0.39, 0.29) is 18.0 Å². The van der Waals surface area contributed by atoms with Crippen LogP contribution in [0.5, 0.6) is 0 Å². The average Bonchev–Trinajstić information content (AvgIpc) is 2.07. The van der Waals surface area contributed by atoms with Gasteiger partial charge in [0.05, 0.1) is 0 Å². The van der Waals surface area contributed by atoms with Crippen LogP contribution in [0.3, 0.4) is 0 Å². The third-order valence-corrected chi connectivity index (χ3v) is 2.06. The molecular formula is C9H14O3. The summed E-state index contributed by atoms with van der Waals surface area (Å²) in [6.45, 7) is 0. The van der Waals surface area contributed by atoms with Crippen LogP contribution in [0.25, 0.3) is 0 Å².